The predicted molar refractivity (Wildman–Crippen MR) is 98.2 cm³/mol. The first-order valence-corrected chi connectivity index (χ1v) is 9.40. The molecule has 4 rings (SSSR count). The number of nitrogens with one attached hydrogen (secondary N) is 1. The maximum absolute atomic E-state index is 12.8. The zero-order valence-corrected chi connectivity index (χ0v) is 15.7. The van der Waals surface area contributed by atoms with Gasteiger partial charge >= 0.3 is 0 Å². The van der Waals surface area contributed by atoms with Gasteiger partial charge in [0.05, 0.1) is 16.6 Å². The highest BCUT2D eigenvalue weighted by atomic mass is 32.1. The van der Waals surface area contributed by atoms with E-state index in [1.54, 1.807) is 0 Å². The molecule has 5 nitrogen and oxygen atoms in total. The van der Waals surface area contributed by atoms with Crippen molar-refractivity contribution < 1.29 is 9.21 Å². The lowest BCUT2D eigenvalue weighted by Gasteiger charge is -2.11. The maximum Gasteiger partial charge on any atom is 0.262 e. The summed E-state index contributed by atoms with van der Waals surface area (Å²) in [7, 11) is 0. The number of aromatic nitrogens is 2. The van der Waals surface area contributed by atoms with Crippen molar-refractivity contribution in [2.75, 3.05) is 0 Å². The van der Waals surface area contributed by atoms with Gasteiger partial charge in [-0.2, -0.15) is 0 Å². The fraction of sp³-hybridized carbons (Fsp3) is 0.421. The third kappa shape index (κ3) is 2.95. The fourth-order valence-electron chi connectivity index (χ4n) is 3.12. The standard InChI is InChI=1S/C19H21N3O2S/c1-9-5-8-14(24-9)11(3)21-18(23)16-10(2)15-12(4)20-17(13-6-7-13)22-19(15)25-16/h5,8,11,13H,6-7H2,1-4H3,(H,21,23). The van der Waals surface area contributed by atoms with Gasteiger partial charge in [0.25, 0.3) is 5.91 Å². The van der Waals surface area contributed by atoms with Crippen LogP contribution in [0.25, 0.3) is 10.2 Å². The summed E-state index contributed by atoms with van der Waals surface area (Å²) in [5, 5.41) is 4.04. The van der Waals surface area contributed by atoms with Crippen LogP contribution in [0.5, 0.6) is 0 Å². The number of thiophene rings is 1. The summed E-state index contributed by atoms with van der Waals surface area (Å²) >= 11 is 1.45. The Labute approximate surface area is 150 Å². The topological polar surface area (TPSA) is 68.0 Å². The summed E-state index contributed by atoms with van der Waals surface area (Å²) in [4.78, 5) is 23.8. The Kier molecular flexibility index (Phi) is 3.87. The number of hydrogen-bond acceptors (Lipinski definition) is 5. The lowest BCUT2D eigenvalue weighted by Crippen LogP contribution is -2.26. The molecule has 1 amide bonds. The normalized spacial score (nSPS) is 15.5. The molecule has 6 heteroatoms. The Morgan fingerprint density at radius 1 is 1.28 bits per heavy atom. The van der Waals surface area contributed by atoms with Gasteiger partial charge in [0.1, 0.15) is 22.2 Å². The quantitative estimate of drug-likeness (QED) is 0.744. The predicted octanol–water partition coefficient (Wildman–Crippen LogP) is 4.58. The van der Waals surface area contributed by atoms with Crippen molar-refractivity contribution in [3.05, 3.63) is 45.6 Å². The van der Waals surface area contributed by atoms with Crippen LogP contribution in [0.15, 0.2) is 16.5 Å². The number of furan rings is 1. The highest BCUT2D eigenvalue weighted by Gasteiger charge is 2.28. The number of carbonyl (C=O) groups excluding carboxylic acids is 1. The second-order valence-corrected chi connectivity index (χ2v) is 7.82. The summed E-state index contributed by atoms with van der Waals surface area (Å²) in [5.74, 6) is 2.95. The molecule has 0 bridgehead atoms. The van der Waals surface area contributed by atoms with Gasteiger partial charge in [0.2, 0.25) is 0 Å². The first-order chi connectivity index (χ1) is 11.9. The van der Waals surface area contributed by atoms with Gasteiger partial charge < -0.3 is 9.73 Å². The fourth-order valence-corrected chi connectivity index (χ4v) is 4.26. The third-order valence-corrected chi connectivity index (χ3v) is 5.86. The maximum atomic E-state index is 12.8. The van der Waals surface area contributed by atoms with Crippen molar-refractivity contribution in [2.45, 2.75) is 52.5 Å². The minimum Gasteiger partial charge on any atom is -0.464 e. The van der Waals surface area contributed by atoms with E-state index in [0.717, 1.165) is 38.8 Å². The molecule has 0 aliphatic heterocycles. The average molecular weight is 355 g/mol. The van der Waals surface area contributed by atoms with Gasteiger partial charge in [-0.05, 0) is 58.2 Å². The molecule has 1 atom stereocenters. The van der Waals surface area contributed by atoms with Gasteiger partial charge in [-0.15, -0.1) is 11.3 Å². The molecule has 130 valence electrons. The largest absolute Gasteiger partial charge is 0.464 e. The van der Waals surface area contributed by atoms with Crippen LogP contribution in [0.4, 0.5) is 0 Å². The molecule has 0 radical (unpaired) electrons. The minimum absolute atomic E-state index is 0.0885. The molecule has 1 unspecified atom stereocenters. The third-order valence-electron chi connectivity index (χ3n) is 4.67. The van der Waals surface area contributed by atoms with Crippen molar-refractivity contribution in [2.24, 2.45) is 0 Å². The monoisotopic (exact) mass is 355 g/mol. The van der Waals surface area contributed by atoms with Crippen LogP contribution in [-0.2, 0) is 0 Å². The lowest BCUT2D eigenvalue weighted by molar-refractivity contribution is 0.0939. The van der Waals surface area contributed by atoms with Gasteiger partial charge in [0, 0.05) is 11.3 Å². The first-order valence-electron chi connectivity index (χ1n) is 8.59. The molecule has 0 aromatic carbocycles. The number of nitrogens with zero attached hydrogens (tertiary/aromatic N) is 2. The average Bonchev–Trinajstić information content (AvgIpc) is 3.23. The van der Waals surface area contributed by atoms with Crippen LogP contribution in [-0.4, -0.2) is 15.9 Å². The number of rotatable bonds is 4. The molecular weight excluding hydrogens is 334 g/mol. The molecule has 1 aliphatic rings. The Hall–Kier alpha value is -2.21. The Balaban J connectivity index is 1.65. The van der Waals surface area contributed by atoms with Crippen LogP contribution in [0, 0.1) is 20.8 Å². The summed E-state index contributed by atoms with van der Waals surface area (Å²) in [6.45, 7) is 7.80. The highest BCUT2D eigenvalue weighted by molar-refractivity contribution is 7.20. The van der Waals surface area contributed by atoms with E-state index < -0.39 is 0 Å². The smallest absolute Gasteiger partial charge is 0.262 e. The van der Waals surface area contributed by atoms with E-state index in [9.17, 15) is 4.79 Å². The summed E-state index contributed by atoms with van der Waals surface area (Å²) in [6.07, 6.45) is 2.34. The van der Waals surface area contributed by atoms with Crippen LogP contribution >= 0.6 is 11.3 Å². The van der Waals surface area contributed by atoms with Gasteiger partial charge in [-0.3, -0.25) is 4.79 Å². The zero-order chi connectivity index (χ0) is 17.7. The van der Waals surface area contributed by atoms with Crippen LogP contribution in [0.1, 0.15) is 70.0 Å². The molecule has 25 heavy (non-hydrogen) atoms. The van der Waals surface area contributed by atoms with E-state index in [-0.39, 0.29) is 11.9 Å². The molecule has 3 aromatic heterocycles. The molecule has 1 saturated carbocycles. The summed E-state index contributed by atoms with van der Waals surface area (Å²) in [6, 6.07) is 3.62. The second-order valence-electron chi connectivity index (χ2n) is 6.82. The zero-order valence-electron chi connectivity index (χ0n) is 14.8. The van der Waals surface area contributed by atoms with E-state index >= 15 is 0 Å². The lowest BCUT2D eigenvalue weighted by atomic mass is 10.1. The second kappa shape index (κ2) is 5.95. The molecule has 1 aliphatic carbocycles. The number of hydrogen-bond donors (Lipinski definition) is 1. The van der Waals surface area contributed by atoms with Crippen LogP contribution < -0.4 is 5.32 Å². The van der Waals surface area contributed by atoms with E-state index in [1.165, 1.54) is 24.2 Å². The van der Waals surface area contributed by atoms with Crippen molar-refractivity contribution in [1.29, 1.82) is 0 Å². The van der Waals surface area contributed by atoms with Crippen molar-refractivity contribution >= 4 is 27.5 Å². The SMILES string of the molecule is Cc1ccc(C(C)NC(=O)c2sc3nc(C4CC4)nc(C)c3c2C)o1. The van der Waals surface area contributed by atoms with E-state index in [4.69, 9.17) is 9.40 Å². The van der Waals surface area contributed by atoms with Crippen LogP contribution in [0.2, 0.25) is 0 Å². The van der Waals surface area contributed by atoms with Crippen molar-refractivity contribution in [3.8, 4) is 0 Å². The Morgan fingerprint density at radius 2 is 2.04 bits per heavy atom. The van der Waals surface area contributed by atoms with Gasteiger partial charge in [-0.1, -0.05) is 0 Å². The molecule has 0 saturated heterocycles. The first kappa shape index (κ1) is 16.3. The Morgan fingerprint density at radius 3 is 2.68 bits per heavy atom. The molecule has 3 aromatic rings. The number of carbonyl (C=O) groups is 1. The molecule has 1 N–H and O–H groups in total. The summed E-state index contributed by atoms with van der Waals surface area (Å²) < 4.78 is 5.61. The number of amides is 1. The van der Waals surface area contributed by atoms with Gasteiger partial charge in [-0.25, -0.2) is 9.97 Å². The highest BCUT2D eigenvalue weighted by Crippen LogP contribution is 2.40. The van der Waals surface area contributed by atoms with E-state index in [1.807, 2.05) is 39.8 Å². The van der Waals surface area contributed by atoms with E-state index in [0.29, 0.717) is 10.8 Å². The molecular formula is C19H21N3O2S. The number of aryl methyl sites for hydroxylation is 3. The molecule has 0 spiro atoms. The minimum atomic E-state index is -0.181. The van der Waals surface area contributed by atoms with E-state index in [2.05, 4.69) is 10.3 Å². The molecule has 3 heterocycles. The van der Waals surface area contributed by atoms with Crippen molar-refractivity contribution in [1.82, 2.24) is 15.3 Å². The Bertz CT molecular complexity index is 969. The summed E-state index contributed by atoms with van der Waals surface area (Å²) in [5.41, 5.74) is 1.93. The van der Waals surface area contributed by atoms with Crippen molar-refractivity contribution in [3.63, 3.8) is 0 Å². The molecule has 1 fully saturated rings. The van der Waals surface area contributed by atoms with Gasteiger partial charge in [0.15, 0.2) is 0 Å². The number of fused-ring (bicyclic) bond motifs is 1. The van der Waals surface area contributed by atoms with Crippen LogP contribution in [0.3, 0.4) is 0 Å².